The number of carbonyl (C=O) groups is 1. The van der Waals surface area contributed by atoms with E-state index in [4.69, 9.17) is 4.74 Å². The summed E-state index contributed by atoms with van der Waals surface area (Å²) in [6, 6.07) is 7.94. The monoisotopic (exact) mass is 320 g/mol. The molecular formula is C17H24N2O2S. The number of hydrogen-bond acceptors (Lipinski definition) is 5. The minimum Gasteiger partial charge on any atom is -0.494 e. The minimum atomic E-state index is 0.0665. The molecule has 0 saturated heterocycles. The molecule has 1 aliphatic heterocycles. The van der Waals surface area contributed by atoms with Crippen LogP contribution in [0.15, 0.2) is 34.9 Å². The number of hydrogen-bond donors (Lipinski definition) is 1. The third kappa shape index (κ3) is 3.77. The topological polar surface area (TPSA) is 41.6 Å². The smallest absolute Gasteiger partial charge is 0.168 e. The van der Waals surface area contributed by atoms with Crippen LogP contribution >= 0.6 is 11.8 Å². The van der Waals surface area contributed by atoms with Gasteiger partial charge in [-0.05, 0) is 51.5 Å². The molecule has 1 unspecified atom stereocenters. The second-order valence-corrected chi connectivity index (χ2v) is 6.33. The first-order valence-corrected chi connectivity index (χ1v) is 8.59. The van der Waals surface area contributed by atoms with Gasteiger partial charge in [0.1, 0.15) is 5.75 Å². The summed E-state index contributed by atoms with van der Waals surface area (Å²) in [6.07, 6.45) is 1.05. The van der Waals surface area contributed by atoms with E-state index in [1.807, 2.05) is 38.1 Å². The van der Waals surface area contributed by atoms with Crippen molar-refractivity contribution in [1.82, 2.24) is 4.90 Å². The Balaban J connectivity index is 2.10. The predicted octanol–water partition coefficient (Wildman–Crippen LogP) is 4.06. The molecule has 0 radical (unpaired) electrons. The van der Waals surface area contributed by atoms with E-state index >= 15 is 0 Å². The summed E-state index contributed by atoms with van der Waals surface area (Å²) in [7, 11) is 0. The van der Waals surface area contributed by atoms with Crippen LogP contribution in [0.4, 0.5) is 5.69 Å². The number of anilines is 1. The van der Waals surface area contributed by atoms with Crippen molar-refractivity contribution in [3.8, 4) is 5.75 Å². The molecule has 0 aromatic heterocycles. The average molecular weight is 320 g/mol. The SMILES string of the molecule is CCCN1C(C)=C(C(C)=O)SC1Nc1ccc(OCC)cc1. The largest absolute Gasteiger partial charge is 0.494 e. The van der Waals surface area contributed by atoms with Crippen molar-refractivity contribution >= 4 is 23.2 Å². The zero-order chi connectivity index (χ0) is 16.1. The number of thioether (sulfide) groups is 1. The van der Waals surface area contributed by atoms with E-state index in [-0.39, 0.29) is 11.3 Å². The van der Waals surface area contributed by atoms with E-state index in [1.165, 1.54) is 0 Å². The van der Waals surface area contributed by atoms with Gasteiger partial charge in [-0.3, -0.25) is 4.79 Å². The molecule has 0 amide bonds. The minimum absolute atomic E-state index is 0.0665. The van der Waals surface area contributed by atoms with E-state index in [0.717, 1.165) is 35.0 Å². The Morgan fingerprint density at radius 3 is 2.55 bits per heavy atom. The molecule has 0 aliphatic carbocycles. The highest BCUT2D eigenvalue weighted by atomic mass is 32.2. The first-order chi connectivity index (χ1) is 10.6. The molecule has 1 aromatic rings. The Morgan fingerprint density at radius 2 is 2.00 bits per heavy atom. The van der Waals surface area contributed by atoms with Gasteiger partial charge in [0.15, 0.2) is 11.3 Å². The lowest BCUT2D eigenvalue weighted by molar-refractivity contribution is -0.113. The Hall–Kier alpha value is -1.62. The lowest BCUT2D eigenvalue weighted by Crippen LogP contribution is -2.34. The van der Waals surface area contributed by atoms with E-state index in [2.05, 4.69) is 17.1 Å². The van der Waals surface area contributed by atoms with E-state index in [0.29, 0.717) is 6.61 Å². The van der Waals surface area contributed by atoms with Gasteiger partial charge in [0, 0.05) is 17.9 Å². The molecule has 0 fully saturated rings. The number of rotatable bonds is 7. The maximum atomic E-state index is 11.8. The molecule has 5 heteroatoms. The standard InChI is InChI=1S/C17H24N2O2S/c1-5-11-19-12(3)16(13(4)20)22-17(19)18-14-7-9-15(10-8-14)21-6-2/h7-10,17-18H,5-6,11H2,1-4H3. The summed E-state index contributed by atoms with van der Waals surface area (Å²) >= 11 is 1.60. The number of ketones is 1. The fourth-order valence-corrected chi connectivity index (χ4v) is 3.76. The Bertz CT molecular complexity index is 554. The molecule has 0 spiro atoms. The molecule has 2 rings (SSSR count). The highest BCUT2D eigenvalue weighted by Gasteiger charge is 2.31. The number of ether oxygens (including phenoxy) is 1. The van der Waals surface area contributed by atoms with Gasteiger partial charge < -0.3 is 15.0 Å². The molecule has 0 saturated carbocycles. The van der Waals surface area contributed by atoms with Crippen LogP contribution in [0.2, 0.25) is 0 Å². The molecular weight excluding hydrogens is 296 g/mol. The number of allylic oxidation sites excluding steroid dienone is 2. The van der Waals surface area contributed by atoms with Crippen LogP contribution in [0, 0.1) is 0 Å². The average Bonchev–Trinajstić information content (AvgIpc) is 2.79. The van der Waals surface area contributed by atoms with Crippen molar-refractivity contribution in [3.05, 3.63) is 34.9 Å². The third-order valence-corrected chi connectivity index (χ3v) is 4.93. The van der Waals surface area contributed by atoms with Crippen LogP contribution in [-0.4, -0.2) is 29.3 Å². The van der Waals surface area contributed by atoms with Gasteiger partial charge in [-0.25, -0.2) is 0 Å². The molecule has 1 aromatic carbocycles. The molecule has 22 heavy (non-hydrogen) atoms. The van der Waals surface area contributed by atoms with Crippen molar-refractivity contribution in [3.63, 3.8) is 0 Å². The molecule has 1 atom stereocenters. The number of Topliss-reactive ketones (excluding diaryl/α,β-unsaturated/α-hetero) is 1. The lowest BCUT2D eigenvalue weighted by atomic mass is 10.3. The number of benzene rings is 1. The normalized spacial score (nSPS) is 17.8. The third-order valence-electron chi connectivity index (χ3n) is 3.51. The zero-order valence-electron chi connectivity index (χ0n) is 13.7. The number of nitrogens with zero attached hydrogens (tertiary/aromatic N) is 1. The quantitative estimate of drug-likeness (QED) is 0.820. The van der Waals surface area contributed by atoms with Crippen molar-refractivity contribution in [2.45, 2.75) is 39.6 Å². The number of carbonyl (C=O) groups excluding carboxylic acids is 1. The molecule has 120 valence electrons. The summed E-state index contributed by atoms with van der Waals surface area (Å²) < 4.78 is 5.46. The van der Waals surface area contributed by atoms with Gasteiger partial charge in [0.2, 0.25) is 0 Å². The van der Waals surface area contributed by atoms with Crippen LogP contribution in [0.3, 0.4) is 0 Å². The van der Waals surface area contributed by atoms with Crippen LogP contribution < -0.4 is 10.1 Å². The summed E-state index contributed by atoms with van der Waals surface area (Å²) in [5, 5.41) is 3.50. The van der Waals surface area contributed by atoms with Crippen molar-refractivity contribution in [2.24, 2.45) is 0 Å². The maximum Gasteiger partial charge on any atom is 0.168 e. The first-order valence-electron chi connectivity index (χ1n) is 7.71. The van der Waals surface area contributed by atoms with Crippen molar-refractivity contribution < 1.29 is 9.53 Å². The molecule has 1 heterocycles. The van der Waals surface area contributed by atoms with Crippen molar-refractivity contribution in [2.75, 3.05) is 18.5 Å². The van der Waals surface area contributed by atoms with Crippen molar-refractivity contribution in [1.29, 1.82) is 0 Å². The summed E-state index contributed by atoms with van der Waals surface area (Å²) in [5.74, 6) is 1.01. The molecule has 4 nitrogen and oxygen atoms in total. The second-order valence-electron chi connectivity index (χ2n) is 5.24. The maximum absolute atomic E-state index is 11.8. The molecule has 1 N–H and O–H groups in total. The van der Waals surface area contributed by atoms with E-state index in [1.54, 1.807) is 18.7 Å². The summed E-state index contributed by atoms with van der Waals surface area (Å²) in [5.41, 5.74) is 2.17. The van der Waals surface area contributed by atoms with Gasteiger partial charge in [0.05, 0.1) is 11.5 Å². The summed E-state index contributed by atoms with van der Waals surface area (Å²) in [4.78, 5) is 14.9. The van der Waals surface area contributed by atoms with Crippen LogP contribution in [0.25, 0.3) is 0 Å². The Labute approximate surface area is 136 Å². The Morgan fingerprint density at radius 1 is 1.32 bits per heavy atom. The highest BCUT2D eigenvalue weighted by Crippen LogP contribution is 2.38. The molecule has 1 aliphatic rings. The van der Waals surface area contributed by atoms with Crippen LogP contribution in [0.1, 0.15) is 34.1 Å². The highest BCUT2D eigenvalue weighted by molar-refractivity contribution is 8.04. The van der Waals surface area contributed by atoms with Crippen LogP contribution in [0.5, 0.6) is 5.75 Å². The number of nitrogens with one attached hydrogen (secondary N) is 1. The van der Waals surface area contributed by atoms with Gasteiger partial charge in [-0.2, -0.15) is 0 Å². The van der Waals surface area contributed by atoms with E-state index in [9.17, 15) is 4.79 Å². The second kappa shape index (κ2) is 7.58. The fourth-order valence-electron chi connectivity index (χ4n) is 2.49. The van der Waals surface area contributed by atoms with Gasteiger partial charge in [-0.15, -0.1) is 0 Å². The lowest BCUT2D eigenvalue weighted by Gasteiger charge is -2.28. The summed E-state index contributed by atoms with van der Waals surface area (Å²) in [6.45, 7) is 9.39. The predicted molar refractivity (Wildman–Crippen MR) is 93.0 cm³/mol. The van der Waals surface area contributed by atoms with Gasteiger partial charge in [-0.1, -0.05) is 18.7 Å². The van der Waals surface area contributed by atoms with Gasteiger partial charge >= 0.3 is 0 Å². The fraction of sp³-hybridized carbons (Fsp3) is 0.471. The van der Waals surface area contributed by atoms with Crippen LogP contribution in [-0.2, 0) is 4.79 Å². The molecule has 0 bridgehead atoms. The first kappa shape index (κ1) is 16.7. The Kier molecular flexibility index (Phi) is 5.77. The van der Waals surface area contributed by atoms with E-state index < -0.39 is 0 Å². The van der Waals surface area contributed by atoms with Gasteiger partial charge in [0.25, 0.3) is 0 Å². The zero-order valence-corrected chi connectivity index (χ0v) is 14.5.